The molecule has 0 amide bonds. The maximum atomic E-state index is 5.69. The topological polar surface area (TPSA) is 18.5 Å². The van der Waals surface area contributed by atoms with Gasteiger partial charge in [-0.1, -0.05) is 60.7 Å². The first kappa shape index (κ1) is 15.6. The van der Waals surface area contributed by atoms with Crippen molar-refractivity contribution in [3.63, 3.8) is 0 Å². The minimum absolute atomic E-state index is 0.546. The Hall–Kier alpha value is -0.780. The molecule has 20 heavy (non-hydrogen) atoms. The summed E-state index contributed by atoms with van der Waals surface area (Å²) in [5.74, 6) is 0. The highest BCUT2D eigenvalue weighted by Gasteiger charge is 2.16. The lowest BCUT2D eigenvalue weighted by Crippen LogP contribution is -2.10. The van der Waals surface area contributed by atoms with Gasteiger partial charge in [-0.3, -0.25) is 0 Å². The molecular formula is C16H20O2P2. The van der Waals surface area contributed by atoms with Crippen LogP contribution in [0, 0.1) is 0 Å². The molecular weight excluding hydrogens is 286 g/mol. The highest BCUT2D eigenvalue weighted by atomic mass is 31.1. The molecule has 0 aromatic heterocycles. The van der Waals surface area contributed by atoms with E-state index in [4.69, 9.17) is 9.05 Å². The summed E-state index contributed by atoms with van der Waals surface area (Å²) in [6, 6.07) is 20.9. The molecule has 0 saturated heterocycles. The molecule has 106 valence electrons. The summed E-state index contributed by atoms with van der Waals surface area (Å²) in [5.41, 5.74) is 0. The molecule has 2 nitrogen and oxygen atoms in total. The fourth-order valence-corrected chi connectivity index (χ4v) is 5.79. The van der Waals surface area contributed by atoms with Crippen molar-refractivity contribution in [3.05, 3.63) is 60.7 Å². The van der Waals surface area contributed by atoms with E-state index in [2.05, 4.69) is 48.5 Å². The van der Waals surface area contributed by atoms with Gasteiger partial charge in [-0.2, -0.15) is 0 Å². The molecule has 0 aliphatic carbocycles. The van der Waals surface area contributed by atoms with Crippen molar-refractivity contribution in [1.82, 2.24) is 0 Å². The van der Waals surface area contributed by atoms with Crippen LogP contribution in [-0.2, 0) is 9.05 Å². The lowest BCUT2D eigenvalue weighted by atomic mass is 10.4. The van der Waals surface area contributed by atoms with E-state index in [1.807, 2.05) is 12.1 Å². The van der Waals surface area contributed by atoms with E-state index in [0.29, 0.717) is 0 Å². The second-order valence-corrected chi connectivity index (χ2v) is 8.41. The standard InChI is InChI=1S/C16H20O2P2/c1-17-19(15-9-5-3-6-10-15)13-14-20(18-2)16-11-7-4-8-12-16/h3-12H,13-14H2,1-2H3/t19-,20-/m0/s1. The molecule has 2 aromatic rings. The van der Waals surface area contributed by atoms with E-state index in [-0.39, 0.29) is 0 Å². The van der Waals surface area contributed by atoms with Crippen LogP contribution in [0.5, 0.6) is 0 Å². The first-order valence-corrected chi connectivity index (χ1v) is 9.47. The summed E-state index contributed by atoms with van der Waals surface area (Å²) in [6.07, 6.45) is 2.06. The highest BCUT2D eigenvalue weighted by molar-refractivity contribution is 7.64. The van der Waals surface area contributed by atoms with Crippen molar-refractivity contribution < 1.29 is 9.05 Å². The van der Waals surface area contributed by atoms with Crippen LogP contribution in [0.3, 0.4) is 0 Å². The third-order valence-electron chi connectivity index (χ3n) is 3.04. The molecule has 0 bridgehead atoms. The van der Waals surface area contributed by atoms with E-state index in [9.17, 15) is 0 Å². The van der Waals surface area contributed by atoms with E-state index in [0.717, 1.165) is 12.3 Å². The molecule has 2 rings (SSSR count). The van der Waals surface area contributed by atoms with Crippen molar-refractivity contribution in [3.8, 4) is 0 Å². The molecule has 2 atom stereocenters. The van der Waals surface area contributed by atoms with Gasteiger partial charge >= 0.3 is 0 Å². The first-order chi connectivity index (χ1) is 9.85. The van der Waals surface area contributed by atoms with Gasteiger partial charge < -0.3 is 9.05 Å². The second kappa shape index (κ2) is 8.49. The lowest BCUT2D eigenvalue weighted by Gasteiger charge is -2.20. The maximum Gasteiger partial charge on any atom is 0.0603 e. The first-order valence-electron chi connectivity index (χ1n) is 6.58. The molecule has 2 aromatic carbocycles. The van der Waals surface area contributed by atoms with Gasteiger partial charge in [0.05, 0.1) is 16.3 Å². The number of rotatable bonds is 7. The van der Waals surface area contributed by atoms with Gasteiger partial charge in [0.25, 0.3) is 0 Å². The average molecular weight is 306 g/mol. The number of hydrogen-bond acceptors (Lipinski definition) is 2. The molecule has 0 fully saturated rings. The van der Waals surface area contributed by atoms with Gasteiger partial charge in [-0.15, -0.1) is 0 Å². The molecule has 0 spiro atoms. The molecule has 0 unspecified atom stereocenters. The van der Waals surface area contributed by atoms with Crippen molar-refractivity contribution >= 4 is 26.9 Å². The largest absolute Gasteiger partial charge is 0.358 e. The van der Waals surface area contributed by atoms with Crippen LogP contribution in [0.4, 0.5) is 0 Å². The zero-order valence-electron chi connectivity index (χ0n) is 11.9. The van der Waals surface area contributed by atoms with Crippen LogP contribution in [0.1, 0.15) is 0 Å². The van der Waals surface area contributed by atoms with Gasteiger partial charge in [0.15, 0.2) is 0 Å². The van der Waals surface area contributed by atoms with Crippen molar-refractivity contribution in [1.29, 1.82) is 0 Å². The summed E-state index contributed by atoms with van der Waals surface area (Å²) >= 11 is 0. The number of benzene rings is 2. The van der Waals surface area contributed by atoms with Crippen LogP contribution in [0.25, 0.3) is 0 Å². The molecule has 0 saturated carbocycles. The summed E-state index contributed by atoms with van der Waals surface area (Å²) < 4.78 is 11.4. The Labute approximate surface area is 123 Å². The summed E-state index contributed by atoms with van der Waals surface area (Å²) in [7, 11) is 2.51. The molecule has 0 heterocycles. The van der Waals surface area contributed by atoms with Crippen molar-refractivity contribution in [2.24, 2.45) is 0 Å². The highest BCUT2D eigenvalue weighted by Crippen LogP contribution is 2.42. The molecule has 0 aliphatic heterocycles. The fraction of sp³-hybridized carbons (Fsp3) is 0.250. The van der Waals surface area contributed by atoms with Crippen LogP contribution >= 0.6 is 16.3 Å². The van der Waals surface area contributed by atoms with Crippen LogP contribution in [0.15, 0.2) is 60.7 Å². The Morgan fingerprint density at radius 1 is 0.650 bits per heavy atom. The minimum Gasteiger partial charge on any atom is -0.358 e. The molecule has 0 radical (unpaired) electrons. The zero-order chi connectivity index (χ0) is 14.2. The smallest absolute Gasteiger partial charge is 0.0603 e. The summed E-state index contributed by atoms with van der Waals surface area (Å²) in [5, 5.41) is 2.59. The van der Waals surface area contributed by atoms with Gasteiger partial charge in [0.1, 0.15) is 0 Å². The lowest BCUT2D eigenvalue weighted by molar-refractivity contribution is 0.462. The van der Waals surface area contributed by atoms with E-state index in [1.54, 1.807) is 14.2 Å². The van der Waals surface area contributed by atoms with Crippen LogP contribution < -0.4 is 10.6 Å². The zero-order valence-corrected chi connectivity index (χ0v) is 13.7. The SMILES string of the molecule is CO[P@@](CC[P@](OC)c1ccccc1)c1ccccc1. The number of hydrogen-bond donors (Lipinski definition) is 0. The van der Waals surface area contributed by atoms with Crippen molar-refractivity contribution in [2.45, 2.75) is 0 Å². The third-order valence-corrected chi connectivity index (χ3v) is 7.28. The third kappa shape index (κ3) is 4.36. The maximum absolute atomic E-state index is 5.69. The Kier molecular flexibility index (Phi) is 6.63. The van der Waals surface area contributed by atoms with Gasteiger partial charge in [0.2, 0.25) is 0 Å². The van der Waals surface area contributed by atoms with Crippen LogP contribution in [-0.4, -0.2) is 26.5 Å². The average Bonchev–Trinajstić information content (AvgIpc) is 2.53. The Morgan fingerprint density at radius 2 is 1.00 bits per heavy atom. The molecule has 4 heteroatoms. The van der Waals surface area contributed by atoms with Gasteiger partial charge in [-0.25, -0.2) is 0 Å². The predicted octanol–water partition coefficient (Wildman–Crippen LogP) is 3.72. The predicted molar refractivity (Wildman–Crippen MR) is 89.7 cm³/mol. The quantitative estimate of drug-likeness (QED) is 0.726. The monoisotopic (exact) mass is 306 g/mol. The van der Waals surface area contributed by atoms with E-state index >= 15 is 0 Å². The van der Waals surface area contributed by atoms with Gasteiger partial charge in [-0.05, 0) is 0 Å². The fourth-order valence-electron chi connectivity index (χ4n) is 2.02. The summed E-state index contributed by atoms with van der Waals surface area (Å²) in [4.78, 5) is 0. The second-order valence-electron chi connectivity index (χ2n) is 4.24. The molecule has 0 N–H and O–H groups in total. The van der Waals surface area contributed by atoms with Crippen molar-refractivity contribution in [2.75, 3.05) is 26.5 Å². The molecule has 0 aliphatic rings. The normalized spacial score (nSPS) is 13.9. The Balaban J connectivity index is 1.99. The van der Waals surface area contributed by atoms with Crippen LogP contribution in [0.2, 0.25) is 0 Å². The Morgan fingerprint density at radius 3 is 1.30 bits per heavy atom. The van der Waals surface area contributed by atoms with Gasteiger partial charge in [0, 0.05) is 37.2 Å². The summed E-state index contributed by atoms with van der Waals surface area (Å²) in [6.45, 7) is 0. The van der Waals surface area contributed by atoms with E-state index in [1.165, 1.54) is 10.6 Å². The van der Waals surface area contributed by atoms with E-state index < -0.39 is 16.3 Å². The Bertz CT molecular complexity index is 443. The minimum atomic E-state index is -0.546.